The van der Waals surface area contributed by atoms with Crippen molar-refractivity contribution in [1.29, 1.82) is 0 Å². The molecule has 2 fully saturated rings. The number of hydrogen-bond acceptors (Lipinski definition) is 12. The van der Waals surface area contributed by atoms with Crippen molar-refractivity contribution in [1.82, 2.24) is 21.3 Å². The summed E-state index contributed by atoms with van der Waals surface area (Å²) in [4.78, 5) is 76.1. The normalized spacial score (nSPS) is 21.0. The molecule has 2 heterocycles. The molecule has 18 heteroatoms. The first-order chi connectivity index (χ1) is 27.0. The van der Waals surface area contributed by atoms with E-state index in [4.69, 9.17) is 30.4 Å². The Morgan fingerprint density at radius 2 is 1.53 bits per heavy atom. The number of nitrogens with two attached hydrogens (primary N) is 2. The Kier molecular flexibility index (Phi) is 16.2. The molecule has 2 saturated heterocycles. The van der Waals surface area contributed by atoms with Crippen LogP contribution < -0.4 is 38.1 Å². The highest BCUT2D eigenvalue weighted by Crippen LogP contribution is 2.39. The highest BCUT2D eigenvalue weighted by molar-refractivity contribution is 5.98. The molecule has 9 N–H and O–H groups in total. The van der Waals surface area contributed by atoms with Crippen molar-refractivity contribution in [2.75, 3.05) is 25.5 Å². The highest BCUT2D eigenvalue weighted by atomic mass is 16.8. The third-order valence-electron chi connectivity index (χ3n) is 9.34. The van der Waals surface area contributed by atoms with Crippen LogP contribution in [0.15, 0.2) is 54.6 Å². The van der Waals surface area contributed by atoms with Crippen molar-refractivity contribution in [3.63, 3.8) is 0 Å². The van der Waals surface area contributed by atoms with Crippen LogP contribution in [0.5, 0.6) is 0 Å². The van der Waals surface area contributed by atoms with Crippen molar-refractivity contribution in [2.45, 2.75) is 108 Å². The quantitative estimate of drug-likeness (QED) is 0.0785. The lowest BCUT2D eigenvalue weighted by Crippen LogP contribution is -2.55. The molecule has 3 unspecified atom stereocenters. The molecule has 0 aliphatic carbocycles. The first-order valence-corrected chi connectivity index (χ1v) is 18.9. The second-order valence-electron chi connectivity index (χ2n) is 14.7. The number of benzene rings is 2. The monoisotopic (exact) mass is 797 g/mol. The van der Waals surface area contributed by atoms with Gasteiger partial charge in [0, 0.05) is 18.8 Å². The SMILES string of the molecule is COC(=O)[C@@H](N)Cc1ccc(NC(=O)C(CCCNC(N)=O)NC(=O)[C@H](NC(=O)C[C@@H]2O[C@H](CNC(=O)OCc3ccccc3)C3OC(C)(C)OC32)C(C)C)cc1. The molecule has 0 radical (unpaired) electrons. The molecule has 2 aliphatic heterocycles. The summed E-state index contributed by atoms with van der Waals surface area (Å²) in [6, 6.07) is 12.2. The Hall–Kier alpha value is -5.30. The van der Waals surface area contributed by atoms with Gasteiger partial charge in [-0.2, -0.15) is 0 Å². The van der Waals surface area contributed by atoms with Gasteiger partial charge in [-0.1, -0.05) is 56.3 Å². The lowest BCUT2D eigenvalue weighted by Gasteiger charge is -2.27. The van der Waals surface area contributed by atoms with Crippen LogP contribution in [0, 0.1) is 5.92 Å². The van der Waals surface area contributed by atoms with Gasteiger partial charge in [-0.25, -0.2) is 9.59 Å². The van der Waals surface area contributed by atoms with Crippen molar-refractivity contribution in [3.8, 4) is 0 Å². The van der Waals surface area contributed by atoms with Crippen LogP contribution in [-0.2, 0) is 55.9 Å². The predicted molar refractivity (Wildman–Crippen MR) is 206 cm³/mol. The molecule has 0 saturated carbocycles. The number of anilines is 1. The Labute approximate surface area is 331 Å². The standard InChI is InChI=1S/C39H55N7O11/c1-22(2)31(35(49)45-27(12-9-17-42-37(41)51)34(48)44-25-15-13-23(14-16-25)18-26(40)36(50)53-5)46-30(47)19-28-32-33(57-39(3,4)56-32)29(55-28)20-43-38(52)54-21-24-10-7-6-8-11-24/h6-8,10-11,13-16,22,26-29,31-33H,9,12,17-21,40H2,1-5H3,(H,43,52)(H,44,48)(H,45,49)(H,46,47)(H3,41,42,51)/t26-,27?,28-,29+,31+,32?,33?/m0/s1. The largest absolute Gasteiger partial charge is 0.468 e. The van der Waals surface area contributed by atoms with E-state index < -0.39 is 84.1 Å². The molecule has 2 aromatic carbocycles. The number of rotatable bonds is 19. The van der Waals surface area contributed by atoms with Crippen molar-refractivity contribution in [2.24, 2.45) is 17.4 Å². The average molecular weight is 798 g/mol. The number of urea groups is 1. The Morgan fingerprint density at radius 1 is 0.860 bits per heavy atom. The molecular formula is C39H55N7O11. The van der Waals surface area contributed by atoms with Crippen LogP contribution in [-0.4, -0.2) is 104 Å². The van der Waals surface area contributed by atoms with Gasteiger partial charge in [0.25, 0.3) is 0 Å². The summed E-state index contributed by atoms with van der Waals surface area (Å²) in [7, 11) is 1.25. The van der Waals surface area contributed by atoms with E-state index in [-0.39, 0.29) is 44.9 Å². The number of methoxy groups -OCH3 is 1. The average Bonchev–Trinajstić information content (AvgIpc) is 3.65. The Bertz CT molecular complexity index is 1690. The van der Waals surface area contributed by atoms with Crippen LogP contribution in [0.3, 0.4) is 0 Å². The second-order valence-corrected chi connectivity index (χ2v) is 14.7. The van der Waals surface area contributed by atoms with Gasteiger partial charge in [-0.05, 0) is 62.3 Å². The van der Waals surface area contributed by atoms with E-state index in [1.165, 1.54) is 7.11 Å². The van der Waals surface area contributed by atoms with Gasteiger partial charge in [-0.3, -0.25) is 19.2 Å². The molecule has 2 aromatic rings. The van der Waals surface area contributed by atoms with Crippen LogP contribution in [0.25, 0.3) is 0 Å². The molecule has 57 heavy (non-hydrogen) atoms. The fourth-order valence-electron chi connectivity index (χ4n) is 6.50. The number of fused-ring (bicyclic) bond motifs is 1. The van der Waals surface area contributed by atoms with Crippen LogP contribution in [0.2, 0.25) is 0 Å². The van der Waals surface area contributed by atoms with E-state index in [1.807, 2.05) is 30.3 Å². The maximum absolute atomic E-state index is 13.7. The van der Waals surface area contributed by atoms with E-state index >= 15 is 0 Å². The molecule has 2 aliphatic rings. The lowest BCUT2D eigenvalue weighted by atomic mass is 10.0. The van der Waals surface area contributed by atoms with E-state index in [0.29, 0.717) is 12.1 Å². The maximum Gasteiger partial charge on any atom is 0.407 e. The molecule has 7 atom stereocenters. The van der Waals surface area contributed by atoms with Gasteiger partial charge >= 0.3 is 18.1 Å². The number of ether oxygens (including phenoxy) is 5. The summed E-state index contributed by atoms with van der Waals surface area (Å²) in [5.74, 6) is -3.55. The molecule has 4 rings (SSSR count). The molecule has 0 aromatic heterocycles. The molecule has 0 spiro atoms. The maximum atomic E-state index is 13.7. The third kappa shape index (κ3) is 13.7. The third-order valence-corrected chi connectivity index (χ3v) is 9.34. The molecule has 0 bridgehead atoms. The van der Waals surface area contributed by atoms with Gasteiger partial charge < -0.3 is 61.7 Å². The van der Waals surface area contributed by atoms with Crippen molar-refractivity contribution in [3.05, 3.63) is 65.7 Å². The molecular weight excluding hydrogens is 742 g/mol. The smallest absolute Gasteiger partial charge is 0.407 e. The van der Waals surface area contributed by atoms with E-state index in [9.17, 15) is 28.8 Å². The summed E-state index contributed by atoms with van der Waals surface area (Å²) < 4.78 is 28.3. The minimum Gasteiger partial charge on any atom is -0.468 e. The Morgan fingerprint density at radius 3 is 2.16 bits per heavy atom. The number of esters is 1. The number of amides is 6. The van der Waals surface area contributed by atoms with Gasteiger partial charge in [0.2, 0.25) is 17.7 Å². The molecule has 312 valence electrons. The fraction of sp³-hybridized carbons (Fsp3) is 0.538. The summed E-state index contributed by atoms with van der Waals surface area (Å²) >= 11 is 0. The topological polar surface area (TPSA) is 261 Å². The summed E-state index contributed by atoms with van der Waals surface area (Å²) in [5.41, 5.74) is 13.0. The van der Waals surface area contributed by atoms with Crippen LogP contribution >= 0.6 is 0 Å². The first kappa shape index (κ1) is 44.4. The van der Waals surface area contributed by atoms with E-state index in [1.54, 1.807) is 52.0 Å². The Balaban J connectivity index is 1.36. The zero-order valence-electron chi connectivity index (χ0n) is 32.9. The minimum atomic E-state index is -1.06. The van der Waals surface area contributed by atoms with E-state index in [2.05, 4.69) is 31.3 Å². The predicted octanol–water partition coefficient (Wildman–Crippen LogP) is 1.35. The number of primary amides is 1. The van der Waals surface area contributed by atoms with Gasteiger partial charge in [0.05, 0.1) is 19.6 Å². The first-order valence-electron chi connectivity index (χ1n) is 18.9. The number of alkyl carbamates (subject to hydrolysis) is 1. The number of nitrogens with one attached hydrogen (secondary N) is 5. The molecule has 6 amide bonds. The summed E-state index contributed by atoms with van der Waals surface area (Å²) in [6.45, 7) is 7.28. The highest BCUT2D eigenvalue weighted by Gasteiger charge is 2.55. The van der Waals surface area contributed by atoms with Crippen molar-refractivity contribution >= 4 is 41.5 Å². The zero-order chi connectivity index (χ0) is 41.7. The van der Waals surface area contributed by atoms with Crippen LogP contribution in [0.4, 0.5) is 15.3 Å². The number of carbonyl (C=O) groups is 6. The molecule has 18 nitrogen and oxygen atoms in total. The number of carbonyl (C=O) groups excluding carboxylic acids is 6. The fourth-order valence-corrected chi connectivity index (χ4v) is 6.50. The summed E-state index contributed by atoms with van der Waals surface area (Å²) in [5, 5.41) is 13.5. The van der Waals surface area contributed by atoms with Crippen LogP contribution in [0.1, 0.15) is 58.1 Å². The minimum absolute atomic E-state index is 0.0372. The van der Waals surface area contributed by atoms with Gasteiger partial charge in [-0.15, -0.1) is 0 Å². The van der Waals surface area contributed by atoms with Crippen molar-refractivity contribution < 1.29 is 52.5 Å². The summed E-state index contributed by atoms with van der Waals surface area (Å²) in [6.07, 6.45) is -2.82. The number of hydrogen-bond donors (Lipinski definition) is 7. The zero-order valence-corrected chi connectivity index (χ0v) is 32.9. The van der Waals surface area contributed by atoms with E-state index in [0.717, 1.165) is 11.1 Å². The second kappa shape index (κ2) is 20.7. The lowest BCUT2D eigenvalue weighted by molar-refractivity contribution is -0.187. The van der Waals surface area contributed by atoms with Gasteiger partial charge in [0.1, 0.15) is 43.0 Å². The van der Waals surface area contributed by atoms with Gasteiger partial charge in [0.15, 0.2) is 5.79 Å².